The van der Waals surface area contributed by atoms with Crippen LogP contribution in [0.4, 0.5) is 15.9 Å². The number of ether oxygens (including phenoxy) is 1. The zero-order chi connectivity index (χ0) is 32.4. The lowest BCUT2D eigenvalue weighted by Gasteiger charge is -2.35. The number of benzene rings is 1. The van der Waals surface area contributed by atoms with Gasteiger partial charge in [0.2, 0.25) is 10.0 Å². The Balaban J connectivity index is 1.22. The van der Waals surface area contributed by atoms with Gasteiger partial charge in [0.25, 0.3) is 17.2 Å². The van der Waals surface area contributed by atoms with E-state index in [4.69, 9.17) is 4.74 Å². The number of sulfonamides is 1. The van der Waals surface area contributed by atoms with E-state index in [-0.39, 0.29) is 36.5 Å². The van der Waals surface area contributed by atoms with Gasteiger partial charge in [0.15, 0.2) is 23.1 Å². The highest BCUT2D eigenvalue weighted by Gasteiger charge is 2.34. The molecule has 1 aromatic carbocycles. The second-order valence-electron chi connectivity index (χ2n) is 11.3. The fourth-order valence-corrected chi connectivity index (χ4v) is 7.45. The van der Waals surface area contributed by atoms with Gasteiger partial charge in [0.1, 0.15) is 5.82 Å². The number of aromatic nitrogens is 3. The van der Waals surface area contributed by atoms with Crippen molar-refractivity contribution in [3.8, 4) is 5.75 Å². The number of nitrogens with zero attached hydrogens (tertiary/aromatic N) is 4. The number of carbonyl (C=O) groups is 1. The van der Waals surface area contributed by atoms with E-state index in [0.717, 1.165) is 18.3 Å². The maximum atomic E-state index is 14.2. The molecule has 14 nitrogen and oxygen atoms in total. The third-order valence-corrected chi connectivity index (χ3v) is 9.82. The van der Waals surface area contributed by atoms with Crippen LogP contribution in [0.1, 0.15) is 31.4 Å². The number of amides is 1. The molecule has 0 bridgehead atoms. The summed E-state index contributed by atoms with van der Waals surface area (Å²) in [6.45, 7) is 0.227. The second-order valence-corrected chi connectivity index (χ2v) is 13.0. The molecule has 16 heteroatoms. The normalized spacial score (nSPS) is 18.8. The predicted molar refractivity (Wildman–Crippen MR) is 164 cm³/mol. The van der Waals surface area contributed by atoms with E-state index >= 15 is 0 Å². The topological polar surface area (TPSA) is 187 Å². The predicted octanol–water partition coefficient (Wildman–Crippen LogP) is 2.87. The molecule has 0 spiro atoms. The fourth-order valence-electron chi connectivity index (χ4n) is 5.99. The summed E-state index contributed by atoms with van der Waals surface area (Å²) in [5.41, 5.74) is 0.229. The van der Waals surface area contributed by atoms with E-state index in [9.17, 15) is 32.5 Å². The van der Waals surface area contributed by atoms with Crippen molar-refractivity contribution in [2.45, 2.75) is 55.8 Å². The minimum absolute atomic E-state index is 0.0577. The van der Waals surface area contributed by atoms with Crippen molar-refractivity contribution in [1.29, 1.82) is 0 Å². The van der Waals surface area contributed by atoms with Crippen molar-refractivity contribution in [3.05, 3.63) is 92.8 Å². The molecule has 46 heavy (non-hydrogen) atoms. The minimum Gasteiger partial charge on any atom is -0.480 e. The van der Waals surface area contributed by atoms with Gasteiger partial charge >= 0.3 is 0 Å². The molecule has 4 heterocycles. The first-order chi connectivity index (χ1) is 22.1. The Morgan fingerprint density at radius 3 is 2.67 bits per heavy atom. The van der Waals surface area contributed by atoms with Crippen LogP contribution in [-0.4, -0.2) is 52.5 Å². The molecule has 4 aromatic rings. The van der Waals surface area contributed by atoms with Gasteiger partial charge in [-0.3, -0.25) is 24.7 Å². The fraction of sp³-hybridized carbons (Fsp3) is 0.333. The van der Waals surface area contributed by atoms with Crippen molar-refractivity contribution >= 4 is 38.5 Å². The standard InChI is InChI=1S/C30H30FN7O7S/c31-19-13-25-22(33-14-19)10-12-29(40)37(25)16-23(36-46(43,44)27-4-2-1-3-24(27)38(41)42)18-5-7-20(8-6-18)32-15-21-9-11-26-30(34-21)35-28(39)17-45-26/h1-4,9-14,18,20,23,32,36H,5-8,15-17H2,(H,34,35,39). The molecule has 0 radical (unpaired) electrons. The van der Waals surface area contributed by atoms with Crippen molar-refractivity contribution < 1.29 is 27.3 Å². The van der Waals surface area contributed by atoms with Crippen LogP contribution in [0.5, 0.6) is 5.75 Å². The highest BCUT2D eigenvalue weighted by atomic mass is 32.2. The van der Waals surface area contributed by atoms with Crippen LogP contribution in [0.15, 0.2) is 70.5 Å². The summed E-state index contributed by atoms with van der Waals surface area (Å²) in [6.07, 6.45) is 3.49. The average molecular weight is 652 g/mol. The number of hydrogen-bond acceptors (Lipinski definition) is 10. The summed E-state index contributed by atoms with van der Waals surface area (Å²) in [5.74, 6) is -0.316. The van der Waals surface area contributed by atoms with Crippen LogP contribution < -0.4 is 25.7 Å². The smallest absolute Gasteiger partial charge is 0.289 e. The summed E-state index contributed by atoms with van der Waals surface area (Å²) < 4.78 is 50.7. The van der Waals surface area contributed by atoms with Gasteiger partial charge in [-0.2, -0.15) is 0 Å². The molecule has 1 saturated carbocycles. The lowest BCUT2D eigenvalue weighted by Crippen LogP contribution is -2.47. The molecule has 3 N–H and O–H groups in total. The van der Waals surface area contributed by atoms with E-state index in [0.29, 0.717) is 55.0 Å². The van der Waals surface area contributed by atoms with Gasteiger partial charge in [-0.1, -0.05) is 12.1 Å². The van der Waals surface area contributed by atoms with Gasteiger partial charge < -0.3 is 19.9 Å². The number of halogens is 1. The number of para-hydroxylation sites is 1. The number of pyridine rings is 3. The zero-order valence-electron chi connectivity index (χ0n) is 24.4. The van der Waals surface area contributed by atoms with Crippen molar-refractivity contribution in [2.24, 2.45) is 5.92 Å². The van der Waals surface area contributed by atoms with Crippen LogP contribution >= 0.6 is 0 Å². The Morgan fingerprint density at radius 1 is 1.11 bits per heavy atom. The van der Waals surface area contributed by atoms with Gasteiger partial charge in [-0.05, 0) is 55.9 Å². The van der Waals surface area contributed by atoms with Crippen molar-refractivity contribution in [2.75, 3.05) is 11.9 Å². The van der Waals surface area contributed by atoms with Gasteiger partial charge in [-0.25, -0.2) is 22.5 Å². The van der Waals surface area contributed by atoms with Crippen LogP contribution in [0, 0.1) is 21.8 Å². The lowest BCUT2D eigenvalue weighted by molar-refractivity contribution is -0.387. The summed E-state index contributed by atoms with van der Waals surface area (Å²) in [4.78, 5) is 43.6. The van der Waals surface area contributed by atoms with Crippen molar-refractivity contribution in [1.82, 2.24) is 24.6 Å². The Morgan fingerprint density at radius 2 is 1.89 bits per heavy atom. The summed E-state index contributed by atoms with van der Waals surface area (Å²) >= 11 is 0. The van der Waals surface area contributed by atoms with Crippen LogP contribution in [-0.2, 0) is 27.9 Å². The average Bonchev–Trinajstić information content (AvgIpc) is 3.04. The number of fused-ring (bicyclic) bond motifs is 2. The number of anilines is 1. The maximum absolute atomic E-state index is 14.2. The highest BCUT2D eigenvalue weighted by molar-refractivity contribution is 7.89. The lowest BCUT2D eigenvalue weighted by atomic mass is 9.81. The van der Waals surface area contributed by atoms with Crippen LogP contribution in [0.3, 0.4) is 0 Å². The van der Waals surface area contributed by atoms with E-state index in [1.54, 1.807) is 6.07 Å². The molecule has 1 aliphatic heterocycles. The molecule has 0 saturated heterocycles. The number of nitro benzene ring substituents is 1. The molecule has 3 aromatic heterocycles. The number of nitro groups is 1. The molecule has 2 aliphatic rings. The van der Waals surface area contributed by atoms with Crippen molar-refractivity contribution in [3.63, 3.8) is 0 Å². The largest absolute Gasteiger partial charge is 0.480 e. The molecule has 6 rings (SSSR count). The first-order valence-corrected chi connectivity index (χ1v) is 16.1. The SMILES string of the molecule is O=C1COc2ccc(CNC3CCC(C(Cn4c(=O)ccc5ncc(F)cc54)NS(=O)(=O)c4ccccc4[N+](=O)[O-])CC3)nc2N1. The van der Waals surface area contributed by atoms with E-state index < -0.39 is 42.9 Å². The van der Waals surface area contributed by atoms with Crippen LogP contribution in [0.25, 0.3) is 11.0 Å². The third kappa shape index (κ3) is 6.73. The van der Waals surface area contributed by atoms with Gasteiger partial charge in [0, 0.05) is 43.4 Å². The number of rotatable bonds is 10. The van der Waals surface area contributed by atoms with E-state index in [1.807, 2.05) is 6.07 Å². The van der Waals surface area contributed by atoms with E-state index in [1.165, 1.54) is 34.9 Å². The Hall–Kier alpha value is -4.80. The molecular weight excluding hydrogens is 621 g/mol. The highest BCUT2D eigenvalue weighted by Crippen LogP contribution is 2.31. The quantitative estimate of drug-likeness (QED) is 0.170. The molecular formula is C30H30FN7O7S. The molecule has 1 fully saturated rings. The summed E-state index contributed by atoms with van der Waals surface area (Å²) in [7, 11) is -4.41. The van der Waals surface area contributed by atoms with Gasteiger partial charge in [0.05, 0.1) is 27.8 Å². The van der Waals surface area contributed by atoms with Crippen LogP contribution in [0.2, 0.25) is 0 Å². The molecule has 1 aliphatic carbocycles. The number of carbonyl (C=O) groups excluding carboxylic acids is 1. The number of nitrogens with one attached hydrogen (secondary N) is 3. The monoisotopic (exact) mass is 651 g/mol. The summed E-state index contributed by atoms with van der Waals surface area (Å²) in [5, 5.41) is 17.8. The first-order valence-electron chi connectivity index (χ1n) is 14.6. The minimum atomic E-state index is -4.41. The van der Waals surface area contributed by atoms with Gasteiger partial charge in [-0.15, -0.1) is 0 Å². The summed E-state index contributed by atoms with van der Waals surface area (Å²) in [6, 6.07) is 11.8. The first kappa shape index (κ1) is 31.2. The Bertz CT molecular complexity index is 1980. The molecule has 1 unspecified atom stereocenters. The molecule has 1 atom stereocenters. The zero-order valence-corrected chi connectivity index (χ0v) is 25.2. The van der Waals surface area contributed by atoms with E-state index in [2.05, 4.69) is 25.3 Å². The maximum Gasteiger partial charge on any atom is 0.289 e. The number of hydrogen-bond donors (Lipinski definition) is 3. The second kappa shape index (κ2) is 12.9. The third-order valence-electron chi connectivity index (χ3n) is 8.29. The molecule has 1 amide bonds. The Kier molecular flexibility index (Phi) is 8.75. The molecule has 240 valence electrons. The Labute approximate surface area is 262 Å².